The number of H-pyrrole nitrogens is 1. The van der Waals surface area contributed by atoms with Gasteiger partial charge in [-0.1, -0.05) is 48.9 Å². The smallest absolute Gasteiger partial charge is 0.253 e. The molecule has 7 nitrogen and oxygen atoms in total. The molecule has 4 rings (SSSR count). The van der Waals surface area contributed by atoms with Gasteiger partial charge in [-0.25, -0.2) is 4.68 Å². The fourth-order valence-corrected chi connectivity index (χ4v) is 4.45. The second kappa shape index (κ2) is 8.90. The van der Waals surface area contributed by atoms with E-state index < -0.39 is 6.04 Å². The van der Waals surface area contributed by atoms with Crippen molar-refractivity contribution in [2.75, 3.05) is 6.54 Å². The Labute approximate surface area is 194 Å². The normalized spacial score (nSPS) is 13.1. The van der Waals surface area contributed by atoms with Gasteiger partial charge in [-0.15, -0.1) is 5.10 Å². The molecule has 0 unspecified atom stereocenters. The van der Waals surface area contributed by atoms with Crippen LogP contribution in [0.15, 0.2) is 53.3 Å². The first kappa shape index (κ1) is 22.9. The van der Waals surface area contributed by atoms with Crippen molar-refractivity contribution in [2.45, 2.75) is 59.7 Å². The van der Waals surface area contributed by atoms with Crippen LogP contribution in [0.2, 0.25) is 0 Å². The van der Waals surface area contributed by atoms with Crippen LogP contribution in [-0.4, -0.2) is 36.6 Å². The number of tetrazole rings is 1. The Morgan fingerprint density at radius 3 is 2.48 bits per heavy atom. The highest BCUT2D eigenvalue weighted by Gasteiger charge is 2.33. The fourth-order valence-electron chi connectivity index (χ4n) is 4.45. The third-order valence-corrected chi connectivity index (χ3v) is 5.99. The van der Waals surface area contributed by atoms with E-state index in [1.165, 1.54) is 5.56 Å². The molecule has 33 heavy (non-hydrogen) atoms. The lowest BCUT2D eigenvalue weighted by Gasteiger charge is -2.32. The topological polar surface area (TPSA) is 79.7 Å². The molecule has 1 N–H and O–H groups in total. The number of hydrogen-bond acceptors (Lipinski definition) is 5. The zero-order valence-electron chi connectivity index (χ0n) is 20.3. The summed E-state index contributed by atoms with van der Waals surface area (Å²) in [5.41, 5.74) is 4.45. The molecule has 0 radical (unpaired) electrons. The van der Waals surface area contributed by atoms with Crippen LogP contribution in [0.4, 0.5) is 0 Å². The van der Waals surface area contributed by atoms with Gasteiger partial charge in [0.15, 0.2) is 5.82 Å². The van der Waals surface area contributed by atoms with Gasteiger partial charge in [0, 0.05) is 12.1 Å². The lowest BCUT2D eigenvalue weighted by Crippen LogP contribution is -2.37. The molecular weight excluding hydrogens is 412 g/mol. The van der Waals surface area contributed by atoms with Crippen molar-refractivity contribution in [3.63, 3.8) is 0 Å². The Bertz CT molecular complexity index is 1320. The van der Waals surface area contributed by atoms with Gasteiger partial charge in [0.2, 0.25) is 0 Å². The molecule has 0 spiro atoms. The number of benzene rings is 2. The molecule has 4 aromatic rings. The number of rotatable bonds is 6. The van der Waals surface area contributed by atoms with E-state index in [2.05, 4.69) is 84.3 Å². The van der Waals surface area contributed by atoms with E-state index in [4.69, 9.17) is 0 Å². The third kappa shape index (κ3) is 4.59. The number of hydrogen-bond donors (Lipinski definition) is 1. The van der Waals surface area contributed by atoms with E-state index in [1.54, 1.807) is 0 Å². The molecule has 2 heterocycles. The van der Waals surface area contributed by atoms with E-state index in [9.17, 15) is 4.79 Å². The molecule has 0 saturated carbocycles. The molecule has 1 atom stereocenters. The summed E-state index contributed by atoms with van der Waals surface area (Å²) in [7, 11) is 0. The highest BCUT2D eigenvalue weighted by Crippen LogP contribution is 2.31. The van der Waals surface area contributed by atoms with Gasteiger partial charge >= 0.3 is 0 Å². The molecule has 0 amide bonds. The van der Waals surface area contributed by atoms with Crippen LogP contribution in [0.5, 0.6) is 0 Å². The Balaban J connectivity index is 1.94. The molecule has 0 fully saturated rings. The van der Waals surface area contributed by atoms with Crippen LogP contribution in [0, 0.1) is 13.8 Å². The molecule has 7 heteroatoms. The summed E-state index contributed by atoms with van der Waals surface area (Å²) in [5.74, 6) is 0.662. The van der Waals surface area contributed by atoms with Crippen LogP contribution in [0.25, 0.3) is 10.9 Å². The van der Waals surface area contributed by atoms with E-state index in [-0.39, 0.29) is 11.1 Å². The van der Waals surface area contributed by atoms with E-state index in [0.29, 0.717) is 17.9 Å². The second-order valence-corrected chi connectivity index (χ2v) is 9.67. The summed E-state index contributed by atoms with van der Waals surface area (Å²) in [6.45, 7) is 13.8. The second-order valence-electron chi connectivity index (χ2n) is 9.67. The maximum Gasteiger partial charge on any atom is 0.253 e. The van der Waals surface area contributed by atoms with Gasteiger partial charge in [0.25, 0.3) is 5.56 Å². The highest BCUT2D eigenvalue weighted by atomic mass is 16.1. The SMILES string of the molecule is CCN(Cc1ccccc1)[C@H](c1cc2cc(C)cc(C)c2[nH]c1=O)c1nnnn1C(C)(C)C. The first-order valence-electron chi connectivity index (χ1n) is 11.4. The fraction of sp³-hybridized carbons (Fsp3) is 0.385. The number of aromatic nitrogens is 5. The van der Waals surface area contributed by atoms with Crippen molar-refractivity contribution in [3.05, 3.63) is 87.0 Å². The summed E-state index contributed by atoms with van der Waals surface area (Å²) in [6, 6.07) is 16.1. The molecule has 0 bridgehead atoms. The molecule has 0 aliphatic rings. The van der Waals surface area contributed by atoms with Crippen molar-refractivity contribution in [1.29, 1.82) is 0 Å². The summed E-state index contributed by atoms with van der Waals surface area (Å²) >= 11 is 0. The summed E-state index contributed by atoms with van der Waals surface area (Å²) < 4.78 is 1.83. The Hall–Kier alpha value is -3.32. The van der Waals surface area contributed by atoms with Crippen LogP contribution in [0.3, 0.4) is 0 Å². The monoisotopic (exact) mass is 444 g/mol. The lowest BCUT2D eigenvalue weighted by atomic mass is 9.99. The minimum absolute atomic E-state index is 0.116. The van der Waals surface area contributed by atoms with Gasteiger partial charge < -0.3 is 4.98 Å². The number of aromatic amines is 1. The van der Waals surface area contributed by atoms with Gasteiger partial charge in [-0.05, 0) is 80.2 Å². The number of fused-ring (bicyclic) bond motifs is 1. The lowest BCUT2D eigenvalue weighted by molar-refractivity contribution is 0.202. The van der Waals surface area contributed by atoms with Crippen LogP contribution in [-0.2, 0) is 12.1 Å². The van der Waals surface area contributed by atoms with Crippen molar-refractivity contribution in [1.82, 2.24) is 30.1 Å². The van der Waals surface area contributed by atoms with Gasteiger partial charge in [-0.2, -0.15) is 0 Å². The van der Waals surface area contributed by atoms with Crippen LogP contribution < -0.4 is 5.56 Å². The van der Waals surface area contributed by atoms with Gasteiger partial charge in [-0.3, -0.25) is 9.69 Å². The number of pyridine rings is 1. The standard InChI is InChI=1S/C26H32N6O/c1-7-31(16-19-11-9-8-10-12-19)23(24-28-29-30-32(24)26(4,5)6)21-15-20-14-17(2)13-18(3)22(20)27-25(21)33/h8-15,23H,7,16H2,1-6H3,(H,27,33)/t23-/m1/s1. The van der Waals surface area contributed by atoms with Gasteiger partial charge in [0.1, 0.15) is 6.04 Å². The summed E-state index contributed by atoms with van der Waals surface area (Å²) in [6.07, 6.45) is 0. The van der Waals surface area contributed by atoms with Crippen LogP contribution in [0.1, 0.15) is 61.8 Å². The predicted molar refractivity (Wildman–Crippen MR) is 131 cm³/mol. The quantitative estimate of drug-likeness (QED) is 0.474. The zero-order chi connectivity index (χ0) is 23.8. The first-order valence-corrected chi connectivity index (χ1v) is 11.4. The highest BCUT2D eigenvalue weighted by molar-refractivity contribution is 5.83. The van der Waals surface area contributed by atoms with Crippen molar-refractivity contribution >= 4 is 10.9 Å². The summed E-state index contributed by atoms with van der Waals surface area (Å²) in [5, 5.41) is 13.7. The average Bonchev–Trinajstić information content (AvgIpc) is 3.25. The Morgan fingerprint density at radius 2 is 1.82 bits per heavy atom. The van der Waals surface area contributed by atoms with Crippen molar-refractivity contribution in [3.8, 4) is 0 Å². The third-order valence-electron chi connectivity index (χ3n) is 5.99. The zero-order valence-corrected chi connectivity index (χ0v) is 20.3. The maximum absolute atomic E-state index is 13.5. The van der Waals surface area contributed by atoms with Crippen LogP contribution >= 0.6 is 0 Å². The molecule has 0 saturated heterocycles. The minimum Gasteiger partial charge on any atom is -0.321 e. The van der Waals surface area contributed by atoms with Crippen molar-refractivity contribution < 1.29 is 0 Å². The Kier molecular flexibility index (Phi) is 6.17. The predicted octanol–water partition coefficient (Wildman–Crippen LogP) is 4.50. The maximum atomic E-state index is 13.5. The van der Waals surface area contributed by atoms with E-state index >= 15 is 0 Å². The number of nitrogens with zero attached hydrogens (tertiary/aromatic N) is 5. The Morgan fingerprint density at radius 1 is 1.09 bits per heavy atom. The van der Waals surface area contributed by atoms with Crippen molar-refractivity contribution in [2.24, 2.45) is 0 Å². The largest absolute Gasteiger partial charge is 0.321 e. The van der Waals surface area contributed by atoms with E-state index in [0.717, 1.165) is 28.6 Å². The molecule has 172 valence electrons. The van der Waals surface area contributed by atoms with Gasteiger partial charge in [0.05, 0.1) is 11.1 Å². The summed E-state index contributed by atoms with van der Waals surface area (Å²) in [4.78, 5) is 18.9. The number of aryl methyl sites for hydroxylation is 2. The molecular formula is C26H32N6O. The number of nitrogens with one attached hydrogen (secondary N) is 1. The molecule has 2 aromatic carbocycles. The molecule has 0 aliphatic heterocycles. The first-order chi connectivity index (χ1) is 15.7. The molecule has 0 aliphatic carbocycles. The molecule has 2 aromatic heterocycles. The minimum atomic E-state index is -0.404. The van der Waals surface area contributed by atoms with E-state index in [1.807, 2.05) is 35.9 Å². The average molecular weight is 445 g/mol.